The highest BCUT2D eigenvalue weighted by Crippen LogP contribution is 2.23. The van der Waals surface area contributed by atoms with E-state index in [0.29, 0.717) is 12.8 Å². The number of aromatic nitrogens is 1. The number of anilines is 1. The number of aryl methyl sites for hydroxylation is 1. The summed E-state index contributed by atoms with van der Waals surface area (Å²) in [4.78, 5) is 26.6. The first-order valence-electron chi connectivity index (χ1n) is 9.50. The first kappa shape index (κ1) is 19.6. The van der Waals surface area contributed by atoms with Crippen molar-refractivity contribution >= 4 is 11.6 Å². The fourth-order valence-corrected chi connectivity index (χ4v) is 3.03. The number of hydrogen-bond donors (Lipinski definition) is 2. The fourth-order valence-electron chi connectivity index (χ4n) is 3.03. The summed E-state index contributed by atoms with van der Waals surface area (Å²) >= 11 is 0. The molecule has 4 nitrogen and oxygen atoms in total. The second-order valence-corrected chi connectivity index (χ2v) is 8.00. The van der Waals surface area contributed by atoms with Crippen molar-refractivity contribution in [3.63, 3.8) is 0 Å². The van der Waals surface area contributed by atoms with Crippen molar-refractivity contribution in [1.82, 2.24) is 4.98 Å². The predicted octanol–water partition coefficient (Wildman–Crippen LogP) is 4.91. The number of amides is 1. The summed E-state index contributed by atoms with van der Waals surface area (Å²) in [5.74, 6) is -0.0291. The number of H-pyrrole nitrogens is 1. The molecule has 0 radical (unpaired) electrons. The molecule has 0 fully saturated rings. The number of carbonyl (C=O) groups excluding carboxylic acids is 1. The summed E-state index contributed by atoms with van der Waals surface area (Å²) in [6.07, 6.45) is 1.11. The molecule has 3 rings (SSSR count). The Labute approximate surface area is 165 Å². The molecule has 0 unspecified atom stereocenters. The Morgan fingerprint density at radius 2 is 1.68 bits per heavy atom. The van der Waals surface area contributed by atoms with Crippen LogP contribution in [0.15, 0.2) is 71.5 Å². The van der Waals surface area contributed by atoms with Crippen molar-refractivity contribution < 1.29 is 4.79 Å². The number of aromatic amines is 1. The molecule has 144 valence electrons. The van der Waals surface area contributed by atoms with Crippen molar-refractivity contribution in [1.29, 1.82) is 0 Å². The lowest BCUT2D eigenvalue weighted by molar-refractivity contribution is -0.116. The summed E-state index contributed by atoms with van der Waals surface area (Å²) in [5, 5.41) is 2.94. The van der Waals surface area contributed by atoms with Crippen molar-refractivity contribution in [2.45, 2.75) is 39.0 Å². The molecule has 3 aromatic rings. The molecule has 1 heterocycles. The van der Waals surface area contributed by atoms with E-state index in [2.05, 4.69) is 55.3 Å². The van der Waals surface area contributed by atoms with Crippen LogP contribution in [0.3, 0.4) is 0 Å². The Balaban J connectivity index is 1.61. The molecule has 2 N–H and O–H groups in total. The number of carbonyl (C=O) groups is 1. The first-order valence-corrected chi connectivity index (χ1v) is 9.50. The number of benzene rings is 2. The lowest BCUT2D eigenvalue weighted by Gasteiger charge is -2.19. The topological polar surface area (TPSA) is 62.0 Å². The average Bonchev–Trinajstić information content (AvgIpc) is 2.66. The number of hydrogen-bond acceptors (Lipinski definition) is 2. The minimum Gasteiger partial charge on any atom is -0.326 e. The van der Waals surface area contributed by atoms with Crippen molar-refractivity contribution in [3.8, 4) is 11.3 Å². The molecule has 0 bridgehead atoms. The molecule has 0 saturated carbocycles. The van der Waals surface area contributed by atoms with Crippen LogP contribution in [0.1, 0.15) is 38.3 Å². The van der Waals surface area contributed by atoms with E-state index in [-0.39, 0.29) is 16.9 Å². The van der Waals surface area contributed by atoms with Gasteiger partial charge in [0, 0.05) is 29.4 Å². The molecule has 0 spiro atoms. The summed E-state index contributed by atoms with van der Waals surface area (Å²) in [7, 11) is 0. The van der Waals surface area contributed by atoms with Crippen LogP contribution in [0.4, 0.5) is 5.69 Å². The van der Waals surface area contributed by atoms with Gasteiger partial charge in [0.1, 0.15) is 0 Å². The van der Waals surface area contributed by atoms with Gasteiger partial charge in [0.05, 0.1) is 0 Å². The summed E-state index contributed by atoms with van der Waals surface area (Å²) in [6.45, 7) is 6.57. The third-order valence-electron chi connectivity index (χ3n) is 4.69. The minimum atomic E-state index is -0.149. The highest BCUT2D eigenvalue weighted by atomic mass is 16.1. The standard InChI is InChI=1S/C24H26N2O2/c1-24(2,3)19-13-10-17(11-14-19)12-15-23(28)25-20-7-4-6-18(16-20)21-8-5-9-22(27)26-21/h4-11,13-14,16H,12,15H2,1-3H3,(H,25,28)(H,26,27). The van der Waals surface area contributed by atoms with Gasteiger partial charge in [-0.2, -0.15) is 0 Å². The largest absolute Gasteiger partial charge is 0.326 e. The van der Waals surface area contributed by atoms with Gasteiger partial charge in [-0.3, -0.25) is 9.59 Å². The summed E-state index contributed by atoms with van der Waals surface area (Å²) < 4.78 is 0. The lowest BCUT2D eigenvalue weighted by atomic mass is 9.86. The molecule has 0 aliphatic heterocycles. The van der Waals surface area contributed by atoms with Crippen LogP contribution in [0.5, 0.6) is 0 Å². The van der Waals surface area contributed by atoms with Crippen molar-refractivity contribution in [2.24, 2.45) is 0 Å². The van der Waals surface area contributed by atoms with Gasteiger partial charge < -0.3 is 10.3 Å². The van der Waals surface area contributed by atoms with Crippen LogP contribution < -0.4 is 10.9 Å². The van der Waals surface area contributed by atoms with Gasteiger partial charge in [0.2, 0.25) is 11.5 Å². The third-order valence-corrected chi connectivity index (χ3v) is 4.69. The Morgan fingerprint density at radius 3 is 2.36 bits per heavy atom. The van der Waals surface area contributed by atoms with E-state index in [1.165, 1.54) is 11.6 Å². The molecular formula is C24H26N2O2. The van der Waals surface area contributed by atoms with E-state index in [4.69, 9.17) is 0 Å². The lowest BCUT2D eigenvalue weighted by Crippen LogP contribution is -2.13. The molecule has 0 atom stereocenters. The van der Waals surface area contributed by atoms with Gasteiger partial charge >= 0.3 is 0 Å². The second kappa shape index (κ2) is 8.26. The number of rotatable bonds is 5. The van der Waals surface area contributed by atoms with E-state index in [9.17, 15) is 9.59 Å². The van der Waals surface area contributed by atoms with E-state index < -0.39 is 0 Å². The normalized spacial score (nSPS) is 11.2. The van der Waals surface area contributed by atoms with Gasteiger partial charge in [-0.15, -0.1) is 0 Å². The molecule has 0 aliphatic rings. The zero-order chi connectivity index (χ0) is 20.1. The average molecular weight is 374 g/mol. The van der Waals surface area contributed by atoms with Crippen LogP contribution >= 0.6 is 0 Å². The Hall–Kier alpha value is -3.14. The molecule has 4 heteroatoms. The van der Waals surface area contributed by atoms with Crippen LogP contribution in [0.2, 0.25) is 0 Å². The smallest absolute Gasteiger partial charge is 0.248 e. The molecule has 0 aliphatic carbocycles. The van der Waals surface area contributed by atoms with Crippen LogP contribution in [0, 0.1) is 0 Å². The molecule has 1 aromatic heterocycles. The quantitative estimate of drug-likeness (QED) is 0.666. The minimum absolute atomic E-state index is 0.0291. The Bertz CT molecular complexity index is 1010. The first-order chi connectivity index (χ1) is 13.3. The van der Waals surface area contributed by atoms with Gasteiger partial charge in [0.15, 0.2) is 0 Å². The van der Waals surface area contributed by atoms with Gasteiger partial charge in [0.25, 0.3) is 0 Å². The molecule has 2 aromatic carbocycles. The monoisotopic (exact) mass is 374 g/mol. The zero-order valence-corrected chi connectivity index (χ0v) is 16.6. The maximum Gasteiger partial charge on any atom is 0.248 e. The SMILES string of the molecule is CC(C)(C)c1ccc(CCC(=O)Nc2cccc(-c3cccc(=O)[nH]3)c2)cc1. The molecular weight excluding hydrogens is 348 g/mol. The van der Waals surface area contributed by atoms with Crippen molar-refractivity contribution in [3.05, 3.63) is 88.2 Å². The molecule has 28 heavy (non-hydrogen) atoms. The molecule has 0 saturated heterocycles. The Kier molecular flexibility index (Phi) is 5.78. The van der Waals surface area contributed by atoms with Crippen molar-refractivity contribution in [2.75, 3.05) is 5.32 Å². The maximum absolute atomic E-state index is 12.3. The van der Waals surface area contributed by atoms with Crippen LogP contribution in [-0.2, 0) is 16.6 Å². The zero-order valence-electron chi connectivity index (χ0n) is 16.6. The number of nitrogens with one attached hydrogen (secondary N) is 2. The fraction of sp³-hybridized carbons (Fsp3) is 0.250. The van der Waals surface area contributed by atoms with E-state index >= 15 is 0 Å². The van der Waals surface area contributed by atoms with Crippen LogP contribution in [0.25, 0.3) is 11.3 Å². The third kappa shape index (κ3) is 5.19. The van der Waals surface area contributed by atoms with Gasteiger partial charge in [-0.25, -0.2) is 0 Å². The predicted molar refractivity (Wildman–Crippen MR) is 115 cm³/mol. The van der Waals surface area contributed by atoms with Crippen LogP contribution in [-0.4, -0.2) is 10.9 Å². The summed E-state index contributed by atoms with van der Waals surface area (Å²) in [6, 6.07) is 21.0. The van der Waals surface area contributed by atoms with Gasteiger partial charge in [-0.05, 0) is 41.2 Å². The van der Waals surface area contributed by atoms with E-state index in [0.717, 1.165) is 22.5 Å². The Morgan fingerprint density at radius 1 is 0.964 bits per heavy atom. The van der Waals surface area contributed by atoms with E-state index in [1.807, 2.05) is 30.3 Å². The summed E-state index contributed by atoms with van der Waals surface area (Å²) in [5.41, 5.74) is 4.72. The second-order valence-electron chi connectivity index (χ2n) is 8.00. The highest BCUT2D eigenvalue weighted by Gasteiger charge is 2.13. The molecule has 1 amide bonds. The number of pyridine rings is 1. The van der Waals surface area contributed by atoms with Gasteiger partial charge in [-0.1, -0.05) is 63.2 Å². The van der Waals surface area contributed by atoms with E-state index in [1.54, 1.807) is 6.07 Å². The maximum atomic E-state index is 12.3. The highest BCUT2D eigenvalue weighted by molar-refractivity contribution is 5.91.